The van der Waals surface area contributed by atoms with Crippen molar-refractivity contribution < 1.29 is 27.5 Å². The number of rotatable bonds is 7. The van der Waals surface area contributed by atoms with E-state index in [1.54, 1.807) is 12.1 Å². The molecule has 0 spiro atoms. The number of carbonyl (C=O) groups is 2. The fraction of sp³-hybridized carbons (Fsp3) is 0.200. The maximum absolute atomic E-state index is 13.0. The van der Waals surface area contributed by atoms with Crippen LogP contribution in [0, 0.1) is 0 Å². The van der Waals surface area contributed by atoms with Crippen LogP contribution in [0.4, 0.5) is 0 Å². The number of nitrogens with zero attached hydrogens (tertiary/aromatic N) is 1. The molecule has 1 aliphatic rings. The van der Waals surface area contributed by atoms with E-state index in [9.17, 15) is 18.0 Å². The Balaban J connectivity index is 1.54. The van der Waals surface area contributed by atoms with E-state index in [2.05, 4.69) is 0 Å². The highest BCUT2D eigenvalue weighted by atomic mass is 35.5. The van der Waals surface area contributed by atoms with Crippen LogP contribution < -0.4 is 4.74 Å². The predicted molar refractivity (Wildman–Crippen MR) is 131 cm³/mol. The third-order valence-corrected chi connectivity index (χ3v) is 7.94. The molecule has 0 saturated heterocycles. The number of carbonyl (C=O) groups excluding carboxylic acids is 2. The van der Waals surface area contributed by atoms with Crippen molar-refractivity contribution >= 4 is 45.1 Å². The summed E-state index contributed by atoms with van der Waals surface area (Å²) in [5.41, 5.74) is 1.38. The van der Waals surface area contributed by atoms with Gasteiger partial charge in [-0.15, -0.1) is 0 Å². The molecule has 0 unspecified atom stereocenters. The van der Waals surface area contributed by atoms with Crippen LogP contribution in [-0.4, -0.2) is 31.3 Å². The van der Waals surface area contributed by atoms with Crippen LogP contribution in [0.1, 0.15) is 51.6 Å². The van der Waals surface area contributed by atoms with Crippen molar-refractivity contribution in [3.05, 3.63) is 93.0 Å². The Morgan fingerprint density at radius 1 is 1.00 bits per heavy atom. The van der Waals surface area contributed by atoms with Crippen LogP contribution in [0.15, 0.2) is 65.6 Å². The number of ether oxygens (including phenoxy) is 2. The summed E-state index contributed by atoms with van der Waals surface area (Å²) in [4.78, 5) is 25.7. The molecule has 3 aromatic carbocycles. The molecule has 4 rings (SSSR count). The third kappa shape index (κ3) is 4.74. The van der Waals surface area contributed by atoms with Crippen LogP contribution in [0.3, 0.4) is 0 Å². The van der Waals surface area contributed by atoms with Crippen LogP contribution in [-0.2, 0) is 21.4 Å². The van der Waals surface area contributed by atoms with Gasteiger partial charge in [0.1, 0.15) is 22.8 Å². The molecule has 0 aliphatic carbocycles. The zero-order valence-corrected chi connectivity index (χ0v) is 21.2. The normalized spacial score (nSPS) is 14.2. The topological polar surface area (TPSA) is 90.0 Å². The summed E-state index contributed by atoms with van der Waals surface area (Å²) in [7, 11) is -4.18. The summed E-state index contributed by atoms with van der Waals surface area (Å²) >= 11 is 12.6. The van der Waals surface area contributed by atoms with E-state index in [1.165, 1.54) is 18.2 Å². The number of halogens is 2. The second-order valence-electron chi connectivity index (χ2n) is 8.10. The van der Waals surface area contributed by atoms with Gasteiger partial charge >= 0.3 is 5.97 Å². The molecule has 35 heavy (non-hydrogen) atoms. The molecule has 1 aliphatic heterocycles. The first-order chi connectivity index (χ1) is 16.6. The first kappa shape index (κ1) is 25.0. The summed E-state index contributed by atoms with van der Waals surface area (Å²) in [6.45, 7) is 3.09. The van der Waals surface area contributed by atoms with Gasteiger partial charge in [0.05, 0.1) is 15.6 Å². The van der Waals surface area contributed by atoms with E-state index >= 15 is 0 Å². The van der Waals surface area contributed by atoms with Gasteiger partial charge < -0.3 is 9.47 Å². The summed E-state index contributed by atoms with van der Waals surface area (Å²) in [5, 5.41) is -0.0903. The predicted octanol–water partition coefficient (Wildman–Crippen LogP) is 5.65. The number of amides is 1. The van der Waals surface area contributed by atoms with Gasteiger partial charge in [-0.25, -0.2) is 13.2 Å². The molecule has 0 fully saturated rings. The van der Waals surface area contributed by atoms with Crippen molar-refractivity contribution in [2.45, 2.75) is 31.3 Å². The van der Waals surface area contributed by atoms with Crippen molar-refractivity contribution in [2.24, 2.45) is 0 Å². The second-order valence-corrected chi connectivity index (χ2v) is 10.7. The van der Waals surface area contributed by atoms with Crippen LogP contribution >= 0.6 is 23.2 Å². The standard InChI is InChI=1S/C25H21Cl2NO6S/c1-15(2)17-9-6-10-20-21(17)24(29)28(35(20,31)32)14-34-25(30)22-18(26)11-12-19(23(22)27)33-13-16-7-4-3-5-8-16/h3-12,15H,13-14H2,1-2H3. The van der Waals surface area contributed by atoms with E-state index in [-0.39, 0.29) is 44.3 Å². The zero-order valence-electron chi connectivity index (χ0n) is 18.8. The molecule has 0 aromatic heterocycles. The Hall–Kier alpha value is -3.07. The highest BCUT2D eigenvalue weighted by molar-refractivity contribution is 7.90. The van der Waals surface area contributed by atoms with Crippen LogP contribution in [0.25, 0.3) is 0 Å². The lowest BCUT2D eigenvalue weighted by atomic mass is 9.97. The van der Waals surface area contributed by atoms with Gasteiger partial charge in [0.15, 0.2) is 6.73 Å². The monoisotopic (exact) mass is 533 g/mol. The number of hydrogen-bond donors (Lipinski definition) is 0. The van der Waals surface area contributed by atoms with Crippen LogP contribution in [0.2, 0.25) is 10.0 Å². The highest BCUT2D eigenvalue weighted by Crippen LogP contribution is 2.37. The molecule has 182 valence electrons. The molecule has 0 saturated carbocycles. The van der Waals surface area contributed by atoms with Crippen LogP contribution in [0.5, 0.6) is 5.75 Å². The minimum absolute atomic E-state index is 0.00644. The summed E-state index contributed by atoms with van der Waals surface area (Å²) < 4.78 is 37.4. The molecule has 0 bridgehead atoms. The van der Waals surface area contributed by atoms with E-state index in [0.29, 0.717) is 9.87 Å². The molecule has 0 atom stereocenters. The average molecular weight is 534 g/mol. The SMILES string of the molecule is CC(C)c1cccc2c1C(=O)N(COC(=O)c1c(Cl)ccc(OCc3ccccc3)c1Cl)S2(=O)=O. The maximum Gasteiger partial charge on any atom is 0.343 e. The van der Waals surface area contributed by atoms with Crippen molar-refractivity contribution in [1.29, 1.82) is 0 Å². The lowest BCUT2D eigenvalue weighted by Gasteiger charge is -2.17. The van der Waals surface area contributed by atoms with E-state index in [4.69, 9.17) is 32.7 Å². The minimum atomic E-state index is -4.18. The first-order valence-electron chi connectivity index (χ1n) is 10.6. The number of sulfonamides is 1. The average Bonchev–Trinajstić information content (AvgIpc) is 3.02. The lowest BCUT2D eigenvalue weighted by Crippen LogP contribution is -2.33. The molecule has 0 N–H and O–H groups in total. The van der Waals surface area contributed by atoms with Crippen molar-refractivity contribution in [3.8, 4) is 5.75 Å². The van der Waals surface area contributed by atoms with Gasteiger partial charge in [0, 0.05) is 0 Å². The lowest BCUT2D eigenvalue weighted by molar-refractivity contribution is 0.0357. The Bertz CT molecular complexity index is 1410. The van der Waals surface area contributed by atoms with Crippen molar-refractivity contribution in [1.82, 2.24) is 4.31 Å². The molecule has 0 radical (unpaired) electrons. The maximum atomic E-state index is 13.0. The summed E-state index contributed by atoms with van der Waals surface area (Å²) in [6, 6.07) is 16.9. The fourth-order valence-electron chi connectivity index (χ4n) is 3.71. The number of esters is 1. The highest BCUT2D eigenvalue weighted by Gasteiger charge is 2.43. The number of hydrogen-bond acceptors (Lipinski definition) is 6. The first-order valence-corrected chi connectivity index (χ1v) is 12.8. The quantitative estimate of drug-likeness (QED) is 0.364. The molecule has 10 heteroatoms. The van der Waals surface area contributed by atoms with Crippen molar-refractivity contribution in [3.63, 3.8) is 0 Å². The summed E-state index contributed by atoms with van der Waals surface area (Å²) in [6.07, 6.45) is 0. The largest absolute Gasteiger partial charge is 0.487 e. The Kier molecular flexibility index (Phi) is 7.07. The molecule has 7 nitrogen and oxygen atoms in total. The number of fused-ring (bicyclic) bond motifs is 1. The molecular weight excluding hydrogens is 513 g/mol. The van der Waals surface area contributed by atoms with Gasteiger partial charge in [0.2, 0.25) is 0 Å². The van der Waals surface area contributed by atoms with E-state index in [1.807, 2.05) is 44.2 Å². The van der Waals surface area contributed by atoms with Gasteiger partial charge in [0.25, 0.3) is 15.9 Å². The van der Waals surface area contributed by atoms with E-state index < -0.39 is 28.6 Å². The minimum Gasteiger partial charge on any atom is -0.487 e. The summed E-state index contributed by atoms with van der Waals surface area (Å²) in [5.74, 6) is -1.63. The molecule has 1 heterocycles. The van der Waals surface area contributed by atoms with Crippen molar-refractivity contribution in [2.75, 3.05) is 6.73 Å². The second kappa shape index (κ2) is 9.89. The zero-order chi connectivity index (χ0) is 25.3. The van der Waals surface area contributed by atoms with Gasteiger partial charge in [-0.3, -0.25) is 4.79 Å². The molecule has 1 amide bonds. The smallest absolute Gasteiger partial charge is 0.343 e. The Labute approximate surface area is 213 Å². The third-order valence-electron chi connectivity index (χ3n) is 5.50. The Morgan fingerprint density at radius 2 is 1.71 bits per heavy atom. The Morgan fingerprint density at radius 3 is 2.40 bits per heavy atom. The number of benzene rings is 3. The van der Waals surface area contributed by atoms with Gasteiger partial charge in [-0.05, 0) is 35.2 Å². The fourth-order valence-corrected chi connectivity index (χ4v) is 5.74. The van der Waals surface area contributed by atoms with Gasteiger partial charge in [-0.2, -0.15) is 4.31 Å². The molecule has 3 aromatic rings. The van der Waals surface area contributed by atoms with Gasteiger partial charge in [-0.1, -0.05) is 79.5 Å². The molecular formula is C25H21Cl2NO6S. The van der Waals surface area contributed by atoms with E-state index in [0.717, 1.165) is 5.56 Å².